The number of aryl methyl sites for hydroxylation is 2. The van der Waals surface area contributed by atoms with E-state index in [0.29, 0.717) is 0 Å². The van der Waals surface area contributed by atoms with Gasteiger partial charge in [-0.1, -0.05) is 139 Å². The molecule has 2 aromatic rings. The van der Waals surface area contributed by atoms with Crippen LogP contribution in [0.25, 0.3) is 0 Å². The Hall–Kier alpha value is -2.70. The number of carbonyl (C=O) groups excluding carboxylic acids is 2. The Morgan fingerprint density at radius 3 is 1.00 bits per heavy atom. The third kappa shape index (κ3) is 31.9. The van der Waals surface area contributed by atoms with E-state index in [0.717, 1.165) is 0 Å². The van der Waals surface area contributed by atoms with E-state index >= 15 is 0 Å². The minimum atomic E-state index is -2.19. The van der Waals surface area contributed by atoms with Crippen LogP contribution in [0, 0.1) is 0 Å². The molecule has 274 valence electrons. The molecular weight excluding hydrogens is 596 g/mol. The molecule has 0 saturated heterocycles. The minimum Gasteiger partial charge on any atom is -0.543 e. The van der Waals surface area contributed by atoms with Gasteiger partial charge in [0.1, 0.15) is 0 Å². The van der Waals surface area contributed by atoms with Crippen molar-refractivity contribution in [3.63, 3.8) is 0 Å². The molecule has 0 spiro atoms. The van der Waals surface area contributed by atoms with Crippen molar-refractivity contribution < 1.29 is 29.6 Å². The predicted molar refractivity (Wildman–Crippen MR) is 198 cm³/mol. The number of hydrogen-bond donors (Lipinski definition) is 2. The van der Waals surface area contributed by atoms with E-state index in [1.807, 2.05) is 0 Å². The normalized spacial score (nSPS) is 11.8. The third-order valence-corrected chi connectivity index (χ3v) is 8.90. The second kappa shape index (κ2) is 34.2. The van der Waals surface area contributed by atoms with E-state index < -0.39 is 11.9 Å². The number of aliphatic carboxylic acids is 2. The van der Waals surface area contributed by atoms with Gasteiger partial charge in [-0.2, -0.15) is 0 Å². The van der Waals surface area contributed by atoms with Crippen LogP contribution < -0.4 is 20.0 Å². The van der Waals surface area contributed by atoms with E-state index in [4.69, 9.17) is 19.8 Å². The standard InChI is InChI=1S/2C20H35N.C2H2O4/c2*1-3-4-5-6-7-8-13-18-21(2)19-14-12-17-20-15-10-9-11-16-20;3-1(4)2(5)6/h2*9-11,15-16H,3-8,12-14,17-19H2,1-2H3;(H,3,4)(H,5,6). The highest BCUT2D eigenvalue weighted by Crippen LogP contribution is 2.07. The van der Waals surface area contributed by atoms with E-state index in [2.05, 4.69) is 88.6 Å². The minimum absolute atomic E-state index is 1.24. The number of benzene rings is 2. The maximum Gasteiger partial charge on any atom is 0.0870 e. The Bertz CT molecular complexity index is 891. The molecule has 0 aliphatic heterocycles. The monoisotopic (exact) mass is 669 g/mol. The van der Waals surface area contributed by atoms with E-state index in [1.165, 1.54) is 166 Å². The Labute approximate surface area is 295 Å². The molecule has 2 N–H and O–H groups in total. The summed E-state index contributed by atoms with van der Waals surface area (Å²) in [6.07, 6.45) is 27.8. The van der Waals surface area contributed by atoms with Gasteiger partial charge in [-0.05, 0) is 75.3 Å². The van der Waals surface area contributed by atoms with Crippen molar-refractivity contribution in [1.82, 2.24) is 0 Å². The first-order valence-electron chi connectivity index (χ1n) is 19.4. The fourth-order valence-electron chi connectivity index (χ4n) is 5.82. The van der Waals surface area contributed by atoms with Gasteiger partial charge in [-0.25, -0.2) is 0 Å². The number of carboxylic acid groups (broad SMARTS) is 2. The third-order valence-electron chi connectivity index (χ3n) is 8.90. The molecule has 2 atom stereocenters. The summed E-state index contributed by atoms with van der Waals surface area (Å²) >= 11 is 0. The summed E-state index contributed by atoms with van der Waals surface area (Å²) in [6, 6.07) is 21.8. The van der Waals surface area contributed by atoms with Gasteiger partial charge in [0.15, 0.2) is 0 Å². The summed E-state index contributed by atoms with van der Waals surface area (Å²) < 4.78 is 0. The zero-order valence-corrected chi connectivity index (χ0v) is 31.4. The fourth-order valence-corrected chi connectivity index (χ4v) is 5.82. The molecular formula is C42H72N2O4. The highest BCUT2D eigenvalue weighted by Gasteiger charge is 2.03. The van der Waals surface area contributed by atoms with Gasteiger partial charge in [0.25, 0.3) is 0 Å². The number of nitrogens with one attached hydrogen (secondary N) is 2. The summed E-state index contributed by atoms with van der Waals surface area (Å²) in [5.41, 5.74) is 2.98. The number of carboxylic acids is 2. The molecule has 6 heteroatoms. The van der Waals surface area contributed by atoms with Crippen molar-refractivity contribution in [2.75, 3.05) is 40.3 Å². The number of quaternary nitrogens is 2. The lowest BCUT2D eigenvalue weighted by Gasteiger charge is -2.13. The quantitative estimate of drug-likeness (QED) is 0.109. The van der Waals surface area contributed by atoms with Crippen molar-refractivity contribution >= 4 is 11.9 Å². The number of hydrogen-bond acceptors (Lipinski definition) is 4. The van der Waals surface area contributed by atoms with E-state index in [1.54, 1.807) is 9.80 Å². The molecule has 0 amide bonds. The number of unbranched alkanes of at least 4 members (excludes halogenated alkanes) is 14. The summed E-state index contributed by atoms with van der Waals surface area (Å²) in [6.45, 7) is 9.97. The number of carbonyl (C=O) groups is 2. The lowest BCUT2D eigenvalue weighted by atomic mass is 10.1. The van der Waals surface area contributed by atoms with Gasteiger partial charge >= 0.3 is 0 Å². The molecule has 0 fully saturated rings. The molecule has 0 radical (unpaired) electrons. The van der Waals surface area contributed by atoms with Gasteiger partial charge in [-0.15, -0.1) is 0 Å². The molecule has 0 aliphatic rings. The topological polar surface area (TPSA) is 89.1 Å². The highest BCUT2D eigenvalue weighted by atomic mass is 16.4. The molecule has 2 unspecified atom stereocenters. The maximum atomic E-state index is 8.93. The SMILES string of the molecule is CCCCCCCCC[NH+](C)CCCCc1ccccc1.CCCCCCCCC[NH+](C)CCCCc1ccccc1.O=C([O-])C(=O)[O-]. The molecule has 0 saturated carbocycles. The highest BCUT2D eigenvalue weighted by molar-refractivity contribution is 6.25. The first kappa shape index (κ1) is 45.3. The Morgan fingerprint density at radius 2 is 0.708 bits per heavy atom. The molecule has 0 bridgehead atoms. The first-order chi connectivity index (χ1) is 23.3. The van der Waals surface area contributed by atoms with Crippen LogP contribution in [0.15, 0.2) is 60.7 Å². The van der Waals surface area contributed by atoms with Crippen molar-refractivity contribution in [1.29, 1.82) is 0 Å². The first-order valence-corrected chi connectivity index (χ1v) is 19.4. The van der Waals surface area contributed by atoms with Crippen molar-refractivity contribution in [2.45, 2.75) is 142 Å². The van der Waals surface area contributed by atoms with Gasteiger partial charge in [-0.3, -0.25) is 0 Å². The Kier molecular flexibility index (Phi) is 32.3. The van der Waals surface area contributed by atoms with Crippen molar-refractivity contribution in [3.8, 4) is 0 Å². The van der Waals surface area contributed by atoms with E-state index in [9.17, 15) is 0 Å². The fraction of sp³-hybridized carbons (Fsp3) is 0.667. The van der Waals surface area contributed by atoms with Crippen LogP contribution in [0.3, 0.4) is 0 Å². The second-order valence-corrected chi connectivity index (χ2v) is 13.6. The van der Waals surface area contributed by atoms with Crippen LogP contribution in [0.5, 0.6) is 0 Å². The van der Waals surface area contributed by atoms with Crippen LogP contribution in [0.1, 0.15) is 141 Å². The van der Waals surface area contributed by atoms with Crippen LogP contribution >= 0.6 is 0 Å². The molecule has 2 rings (SSSR count). The molecule has 0 aliphatic carbocycles. The van der Waals surface area contributed by atoms with Gasteiger partial charge in [0.2, 0.25) is 0 Å². The largest absolute Gasteiger partial charge is 0.543 e. The summed E-state index contributed by atoms with van der Waals surface area (Å²) in [5.74, 6) is -4.37. The van der Waals surface area contributed by atoms with Crippen molar-refractivity contribution in [3.05, 3.63) is 71.8 Å². The molecule has 6 nitrogen and oxygen atoms in total. The molecule has 0 heterocycles. The van der Waals surface area contributed by atoms with Gasteiger partial charge in [0, 0.05) is 0 Å². The lowest BCUT2D eigenvalue weighted by molar-refractivity contribution is -0.880. The smallest absolute Gasteiger partial charge is 0.0870 e. The molecule has 48 heavy (non-hydrogen) atoms. The van der Waals surface area contributed by atoms with E-state index in [-0.39, 0.29) is 0 Å². The van der Waals surface area contributed by atoms with Crippen LogP contribution in [-0.2, 0) is 22.4 Å². The average Bonchev–Trinajstić information content (AvgIpc) is 3.09. The molecule has 2 aromatic carbocycles. The average molecular weight is 669 g/mol. The zero-order chi connectivity index (χ0) is 35.5. The van der Waals surface area contributed by atoms with Gasteiger partial charge < -0.3 is 29.6 Å². The van der Waals surface area contributed by atoms with Crippen LogP contribution in [0.4, 0.5) is 0 Å². The predicted octanol–water partition coefficient (Wildman–Crippen LogP) is 5.04. The van der Waals surface area contributed by atoms with Crippen LogP contribution in [0.2, 0.25) is 0 Å². The summed E-state index contributed by atoms with van der Waals surface area (Å²) in [5, 5.41) is 17.9. The molecule has 0 aromatic heterocycles. The second-order valence-electron chi connectivity index (χ2n) is 13.6. The van der Waals surface area contributed by atoms with Crippen molar-refractivity contribution in [2.24, 2.45) is 0 Å². The number of rotatable bonds is 26. The maximum absolute atomic E-state index is 8.93. The van der Waals surface area contributed by atoms with Crippen LogP contribution in [-0.4, -0.2) is 52.2 Å². The summed E-state index contributed by atoms with van der Waals surface area (Å²) in [4.78, 5) is 21.3. The Morgan fingerprint density at radius 1 is 0.438 bits per heavy atom. The van der Waals surface area contributed by atoms with Gasteiger partial charge in [0.05, 0.1) is 52.2 Å². The lowest BCUT2D eigenvalue weighted by Crippen LogP contribution is -3.09. The zero-order valence-electron chi connectivity index (χ0n) is 31.4. The summed E-state index contributed by atoms with van der Waals surface area (Å²) in [7, 11) is 4.72. The Balaban J connectivity index is 0.000000787.